The quantitative estimate of drug-likeness (QED) is 0.819. The minimum Gasteiger partial charge on any atom is -0.388 e. The lowest BCUT2D eigenvalue weighted by molar-refractivity contribution is 0.427. The van der Waals surface area contributed by atoms with Gasteiger partial charge in [-0.3, -0.25) is 4.98 Å². The minimum absolute atomic E-state index is 0.0162. The maximum absolute atomic E-state index is 12.5. The van der Waals surface area contributed by atoms with Crippen LogP contribution in [-0.4, -0.2) is 23.9 Å². The summed E-state index contributed by atoms with van der Waals surface area (Å²) in [6.45, 7) is 1.92. The van der Waals surface area contributed by atoms with E-state index >= 15 is 0 Å². The van der Waals surface area contributed by atoms with Crippen LogP contribution in [0.4, 0.5) is 0 Å². The number of hydrogen-bond donors (Lipinski definition) is 2. The van der Waals surface area contributed by atoms with E-state index in [1.165, 1.54) is 12.3 Å². The summed E-state index contributed by atoms with van der Waals surface area (Å²) in [4.78, 5) is 3.99. The molecule has 3 N–H and O–H groups in total. The van der Waals surface area contributed by atoms with E-state index in [4.69, 9.17) is 18.0 Å². The number of hydrogen-bond acceptors (Lipinski definition) is 4. The first-order chi connectivity index (χ1) is 8.84. The van der Waals surface area contributed by atoms with Crippen LogP contribution in [0.5, 0.6) is 0 Å². The van der Waals surface area contributed by atoms with Crippen LogP contribution in [0.25, 0.3) is 0 Å². The lowest BCUT2D eigenvalue weighted by atomic mass is 10.0. The van der Waals surface area contributed by atoms with E-state index in [-0.39, 0.29) is 21.1 Å². The molecule has 1 aromatic rings. The molecule has 0 atom stereocenters. The van der Waals surface area contributed by atoms with E-state index in [1.54, 1.807) is 6.07 Å². The Hall–Kier alpha value is -1.05. The van der Waals surface area contributed by atoms with Crippen molar-refractivity contribution in [2.24, 2.45) is 5.73 Å². The van der Waals surface area contributed by atoms with Crippen molar-refractivity contribution in [3.05, 3.63) is 24.0 Å². The summed E-state index contributed by atoms with van der Waals surface area (Å²) in [6, 6.07) is 3.04. The van der Waals surface area contributed by atoms with Crippen LogP contribution in [0.3, 0.4) is 0 Å². The van der Waals surface area contributed by atoms with Gasteiger partial charge in [0.05, 0.1) is 0 Å². The highest BCUT2D eigenvalue weighted by Crippen LogP contribution is 2.30. The Labute approximate surface area is 118 Å². The molecular formula is C12H17N3O2S2. The highest BCUT2D eigenvalue weighted by Gasteiger charge is 2.34. The van der Waals surface area contributed by atoms with Crippen molar-refractivity contribution in [2.75, 3.05) is 0 Å². The Bertz CT molecular complexity index is 593. The first-order valence-corrected chi connectivity index (χ1v) is 8.02. The smallest absolute Gasteiger partial charge is 0.243 e. The molecule has 1 fully saturated rings. The third-order valence-electron chi connectivity index (χ3n) is 3.38. The van der Waals surface area contributed by atoms with Crippen molar-refractivity contribution < 1.29 is 8.42 Å². The average molecular weight is 299 g/mol. The fourth-order valence-electron chi connectivity index (χ4n) is 2.43. The summed E-state index contributed by atoms with van der Waals surface area (Å²) in [6.07, 6.45) is 5.23. The monoisotopic (exact) mass is 299 g/mol. The number of sulfonamides is 1. The van der Waals surface area contributed by atoms with Gasteiger partial charge in [0.15, 0.2) is 0 Å². The van der Waals surface area contributed by atoms with Crippen LogP contribution in [0, 0.1) is 0 Å². The zero-order chi connectivity index (χ0) is 14.1. The van der Waals surface area contributed by atoms with Gasteiger partial charge in [-0.1, -0.05) is 25.1 Å². The predicted octanol–water partition coefficient (Wildman–Crippen LogP) is 1.33. The molecule has 19 heavy (non-hydrogen) atoms. The van der Waals surface area contributed by atoms with E-state index in [1.807, 2.05) is 6.92 Å². The molecule has 1 heterocycles. The van der Waals surface area contributed by atoms with Gasteiger partial charge in [-0.25, -0.2) is 13.1 Å². The predicted molar refractivity (Wildman–Crippen MR) is 77.3 cm³/mol. The molecule has 104 valence electrons. The van der Waals surface area contributed by atoms with Crippen molar-refractivity contribution in [3.63, 3.8) is 0 Å². The molecule has 0 bridgehead atoms. The van der Waals surface area contributed by atoms with E-state index < -0.39 is 10.0 Å². The number of nitrogens with zero attached hydrogens (tertiary/aromatic N) is 1. The van der Waals surface area contributed by atoms with Gasteiger partial charge in [0.1, 0.15) is 15.6 Å². The average Bonchev–Trinajstić information content (AvgIpc) is 2.74. The lowest BCUT2D eigenvalue weighted by Gasteiger charge is -2.25. The normalized spacial score (nSPS) is 18.4. The fourth-order valence-corrected chi connectivity index (χ4v) is 4.29. The number of nitrogens with two attached hydrogens (primary N) is 1. The molecule has 1 saturated carbocycles. The SMILES string of the molecule is CC1(NS(=O)(=O)c2cccnc2C(N)=S)CCCC1. The topological polar surface area (TPSA) is 85.1 Å². The van der Waals surface area contributed by atoms with Crippen molar-refractivity contribution >= 4 is 27.2 Å². The molecule has 0 saturated heterocycles. The first-order valence-electron chi connectivity index (χ1n) is 6.13. The van der Waals surface area contributed by atoms with Crippen LogP contribution >= 0.6 is 12.2 Å². The Kier molecular flexibility index (Phi) is 3.89. The number of aromatic nitrogens is 1. The van der Waals surface area contributed by atoms with Gasteiger partial charge in [0, 0.05) is 11.7 Å². The largest absolute Gasteiger partial charge is 0.388 e. The van der Waals surface area contributed by atoms with E-state index in [0.717, 1.165) is 25.7 Å². The summed E-state index contributed by atoms with van der Waals surface area (Å²) < 4.78 is 27.7. The van der Waals surface area contributed by atoms with Gasteiger partial charge < -0.3 is 5.73 Å². The molecule has 0 unspecified atom stereocenters. The van der Waals surface area contributed by atoms with Crippen LogP contribution in [0.2, 0.25) is 0 Å². The standard InChI is InChI=1S/C12H17N3O2S2/c1-12(6-2-3-7-12)15-19(16,17)9-5-4-8-14-10(9)11(13)18/h4-5,8,15H,2-3,6-7H2,1H3,(H2,13,18). The zero-order valence-corrected chi connectivity index (χ0v) is 12.4. The Balaban J connectivity index is 2.37. The molecule has 0 spiro atoms. The van der Waals surface area contributed by atoms with E-state index in [2.05, 4.69) is 9.71 Å². The van der Waals surface area contributed by atoms with E-state index in [0.29, 0.717) is 0 Å². The second-order valence-corrected chi connectivity index (χ2v) is 7.18. The van der Waals surface area contributed by atoms with Gasteiger partial charge in [0.2, 0.25) is 10.0 Å². The maximum atomic E-state index is 12.5. The van der Waals surface area contributed by atoms with Crippen molar-refractivity contribution in [1.29, 1.82) is 0 Å². The Morgan fingerprint density at radius 2 is 2.11 bits per heavy atom. The highest BCUT2D eigenvalue weighted by molar-refractivity contribution is 7.89. The molecule has 7 heteroatoms. The molecule has 0 radical (unpaired) electrons. The first kappa shape index (κ1) is 14.4. The van der Waals surface area contributed by atoms with Gasteiger partial charge in [-0.05, 0) is 31.9 Å². The van der Waals surface area contributed by atoms with Gasteiger partial charge >= 0.3 is 0 Å². The maximum Gasteiger partial charge on any atom is 0.243 e. The summed E-state index contributed by atoms with van der Waals surface area (Å²) in [5.41, 5.74) is 5.29. The van der Waals surface area contributed by atoms with Gasteiger partial charge in [-0.2, -0.15) is 0 Å². The molecule has 0 amide bonds. The second kappa shape index (κ2) is 5.15. The molecule has 5 nitrogen and oxygen atoms in total. The minimum atomic E-state index is -3.66. The molecule has 1 aromatic heterocycles. The summed E-state index contributed by atoms with van der Waals surface area (Å²) in [5.74, 6) is 0. The second-order valence-electron chi connectivity index (χ2n) is 5.09. The number of rotatable bonds is 4. The molecule has 2 rings (SSSR count). The molecule has 0 aliphatic heterocycles. The highest BCUT2D eigenvalue weighted by atomic mass is 32.2. The Morgan fingerprint density at radius 1 is 1.47 bits per heavy atom. The molecular weight excluding hydrogens is 282 g/mol. The van der Waals surface area contributed by atoms with E-state index in [9.17, 15) is 8.42 Å². The third kappa shape index (κ3) is 3.10. The summed E-state index contributed by atoms with van der Waals surface area (Å²) in [5, 5.41) is 0. The van der Waals surface area contributed by atoms with Crippen LogP contribution in [0.15, 0.2) is 23.2 Å². The van der Waals surface area contributed by atoms with Crippen LogP contribution in [-0.2, 0) is 10.0 Å². The van der Waals surface area contributed by atoms with Crippen molar-refractivity contribution in [1.82, 2.24) is 9.71 Å². The number of nitrogens with one attached hydrogen (secondary N) is 1. The van der Waals surface area contributed by atoms with Crippen LogP contribution < -0.4 is 10.5 Å². The molecule has 0 aromatic carbocycles. The Morgan fingerprint density at radius 3 is 2.68 bits per heavy atom. The lowest BCUT2D eigenvalue weighted by Crippen LogP contribution is -2.44. The van der Waals surface area contributed by atoms with Gasteiger partial charge in [-0.15, -0.1) is 0 Å². The van der Waals surface area contributed by atoms with Crippen molar-refractivity contribution in [2.45, 2.75) is 43.0 Å². The zero-order valence-electron chi connectivity index (χ0n) is 10.7. The fraction of sp³-hybridized carbons (Fsp3) is 0.500. The van der Waals surface area contributed by atoms with Crippen LogP contribution in [0.1, 0.15) is 38.3 Å². The third-order valence-corrected chi connectivity index (χ3v) is 5.24. The molecule has 1 aliphatic rings. The summed E-state index contributed by atoms with van der Waals surface area (Å²) in [7, 11) is -3.66. The summed E-state index contributed by atoms with van der Waals surface area (Å²) >= 11 is 4.85. The van der Waals surface area contributed by atoms with Crippen molar-refractivity contribution in [3.8, 4) is 0 Å². The number of thiocarbonyl (C=S) groups is 1. The van der Waals surface area contributed by atoms with Gasteiger partial charge in [0.25, 0.3) is 0 Å². The number of pyridine rings is 1. The molecule has 1 aliphatic carbocycles.